The Morgan fingerprint density at radius 2 is 1.59 bits per heavy atom. The van der Waals surface area contributed by atoms with E-state index >= 15 is 0 Å². The summed E-state index contributed by atoms with van der Waals surface area (Å²) in [7, 11) is 0. The van der Waals surface area contributed by atoms with Gasteiger partial charge in [-0.25, -0.2) is 0 Å². The third kappa shape index (κ3) is 4.98. The monoisotopic (exact) mass is 306 g/mol. The number of rotatable bonds is 6. The van der Waals surface area contributed by atoms with E-state index in [-0.39, 0.29) is 36.2 Å². The first-order chi connectivity index (χ1) is 10.2. The Balaban J connectivity index is 3.02. The highest BCUT2D eigenvalue weighted by Crippen LogP contribution is 2.23. The van der Waals surface area contributed by atoms with Crippen molar-refractivity contribution in [3.8, 4) is 5.75 Å². The lowest BCUT2D eigenvalue weighted by Gasteiger charge is -2.13. The molecule has 0 aliphatic rings. The molecule has 0 fully saturated rings. The summed E-state index contributed by atoms with van der Waals surface area (Å²) in [6.45, 7) is 8.31. The van der Waals surface area contributed by atoms with Crippen LogP contribution in [0.3, 0.4) is 0 Å². The van der Waals surface area contributed by atoms with Crippen LogP contribution in [0.4, 0.5) is 0 Å². The van der Waals surface area contributed by atoms with Crippen LogP contribution in [0.5, 0.6) is 5.75 Å². The number of ketones is 1. The number of hydrogen-bond acceptors (Lipinski definition) is 5. The average molecular weight is 306 g/mol. The minimum atomic E-state index is -0.382. The Kier molecular flexibility index (Phi) is 6.28. The summed E-state index contributed by atoms with van der Waals surface area (Å²) in [5.74, 6) is -1.07. The van der Waals surface area contributed by atoms with E-state index in [2.05, 4.69) is 0 Å². The lowest BCUT2D eigenvalue weighted by molar-refractivity contribution is -0.148. The largest absolute Gasteiger partial charge is 0.460 e. The van der Waals surface area contributed by atoms with Crippen molar-refractivity contribution in [1.82, 2.24) is 0 Å². The number of esters is 2. The minimum absolute atomic E-state index is 0.0428. The predicted molar refractivity (Wildman–Crippen MR) is 81.6 cm³/mol. The lowest BCUT2D eigenvalue weighted by Crippen LogP contribution is -2.17. The number of carbonyl (C=O) groups excluding carboxylic acids is 3. The zero-order chi connectivity index (χ0) is 16.9. The van der Waals surface area contributed by atoms with Gasteiger partial charge in [-0.3, -0.25) is 14.4 Å². The van der Waals surface area contributed by atoms with Gasteiger partial charge in [0.1, 0.15) is 12.4 Å². The van der Waals surface area contributed by atoms with Crippen molar-refractivity contribution in [3.05, 3.63) is 29.3 Å². The van der Waals surface area contributed by atoms with Crippen molar-refractivity contribution in [2.24, 2.45) is 11.8 Å². The molecule has 0 atom stereocenters. The third-order valence-electron chi connectivity index (χ3n) is 2.99. The van der Waals surface area contributed by atoms with E-state index in [0.717, 1.165) is 0 Å². The first-order valence-electron chi connectivity index (χ1n) is 7.24. The summed E-state index contributed by atoms with van der Waals surface area (Å²) < 4.78 is 10.5. The fraction of sp³-hybridized carbons (Fsp3) is 0.471. The van der Waals surface area contributed by atoms with Gasteiger partial charge in [-0.05, 0) is 25.1 Å². The van der Waals surface area contributed by atoms with Crippen molar-refractivity contribution in [1.29, 1.82) is 0 Å². The van der Waals surface area contributed by atoms with Crippen LogP contribution in [0.25, 0.3) is 0 Å². The van der Waals surface area contributed by atoms with Crippen LogP contribution in [-0.2, 0) is 20.9 Å². The first kappa shape index (κ1) is 17.9. The summed E-state index contributed by atoms with van der Waals surface area (Å²) >= 11 is 0. The van der Waals surface area contributed by atoms with Gasteiger partial charge in [0.05, 0.1) is 11.8 Å². The van der Waals surface area contributed by atoms with Gasteiger partial charge in [-0.1, -0.05) is 27.7 Å². The number of benzene rings is 1. The highest BCUT2D eigenvalue weighted by molar-refractivity contribution is 5.94. The van der Waals surface area contributed by atoms with E-state index in [1.54, 1.807) is 45.9 Å². The van der Waals surface area contributed by atoms with Crippen molar-refractivity contribution in [2.45, 2.75) is 41.2 Å². The van der Waals surface area contributed by atoms with Gasteiger partial charge in [-0.15, -0.1) is 0 Å². The lowest BCUT2D eigenvalue weighted by atomic mass is 10.1. The van der Waals surface area contributed by atoms with E-state index in [1.165, 1.54) is 6.92 Å². The van der Waals surface area contributed by atoms with E-state index < -0.39 is 0 Å². The second-order valence-electron chi connectivity index (χ2n) is 5.72. The molecule has 0 radical (unpaired) electrons. The van der Waals surface area contributed by atoms with Crippen LogP contribution in [-0.4, -0.2) is 17.7 Å². The standard InChI is InChI=1S/C17H22O5/c1-10(2)16(19)21-9-14-8-13(12(5)18)6-7-15(14)22-17(20)11(3)4/h6-8,10-11H,9H2,1-5H3. The fourth-order valence-electron chi connectivity index (χ4n) is 1.55. The van der Waals surface area contributed by atoms with Gasteiger partial charge in [0.2, 0.25) is 0 Å². The number of ether oxygens (including phenoxy) is 2. The van der Waals surface area contributed by atoms with Gasteiger partial charge in [0.15, 0.2) is 5.78 Å². The average Bonchev–Trinajstić information content (AvgIpc) is 2.45. The van der Waals surface area contributed by atoms with E-state index in [9.17, 15) is 14.4 Å². The molecule has 1 rings (SSSR count). The maximum absolute atomic E-state index is 11.7. The Morgan fingerprint density at radius 3 is 2.09 bits per heavy atom. The smallest absolute Gasteiger partial charge is 0.313 e. The van der Waals surface area contributed by atoms with Crippen molar-refractivity contribution < 1.29 is 23.9 Å². The quantitative estimate of drug-likeness (QED) is 0.459. The normalized spacial score (nSPS) is 10.7. The highest BCUT2D eigenvalue weighted by Gasteiger charge is 2.16. The van der Waals surface area contributed by atoms with Gasteiger partial charge >= 0.3 is 11.9 Å². The molecule has 0 bridgehead atoms. The Hall–Kier alpha value is -2.17. The molecule has 1 aromatic rings. The van der Waals surface area contributed by atoms with Crippen molar-refractivity contribution >= 4 is 17.7 Å². The van der Waals surface area contributed by atoms with Crippen LogP contribution >= 0.6 is 0 Å². The molecule has 22 heavy (non-hydrogen) atoms. The molecular weight excluding hydrogens is 284 g/mol. The van der Waals surface area contributed by atoms with Crippen LogP contribution < -0.4 is 4.74 Å². The van der Waals surface area contributed by atoms with Gasteiger partial charge < -0.3 is 9.47 Å². The minimum Gasteiger partial charge on any atom is -0.460 e. The van der Waals surface area contributed by atoms with Crippen molar-refractivity contribution in [3.63, 3.8) is 0 Å². The summed E-state index contributed by atoms with van der Waals surface area (Å²) in [5, 5.41) is 0. The van der Waals surface area contributed by atoms with E-state index in [0.29, 0.717) is 16.9 Å². The zero-order valence-corrected chi connectivity index (χ0v) is 13.6. The molecule has 0 aliphatic carbocycles. The van der Waals surface area contributed by atoms with Gasteiger partial charge in [0, 0.05) is 11.1 Å². The summed E-state index contributed by atoms with van der Waals surface area (Å²) in [6.07, 6.45) is 0. The molecule has 5 heteroatoms. The molecule has 0 N–H and O–H groups in total. The molecule has 0 aliphatic heterocycles. The van der Waals surface area contributed by atoms with Crippen LogP contribution in [0.15, 0.2) is 18.2 Å². The molecule has 0 heterocycles. The molecule has 0 aromatic heterocycles. The molecule has 1 aromatic carbocycles. The topological polar surface area (TPSA) is 69.7 Å². The summed E-state index contributed by atoms with van der Waals surface area (Å²) in [5.41, 5.74) is 0.968. The molecule has 0 amide bonds. The Labute approximate surface area is 130 Å². The van der Waals surface area contributed by atoms with Crippen LogP contribution in [0.2, 0.25) is 0 Å². The molecular formula is C17H22O5. The fourth-order valence-corrected chi connectivity index (χ4v) is 1.55. The Morgan fingerprint density at radius 1 is 1.00 bits per heavy atom. The second kappa shape index (κ2) is 7.73. The summed E-state index contributed by atoms with van der Waals surface area (Å²) in [4.78, 5) is 34.8. The molecule has 0 saturated carbocycles. The molecule has 0 spiro atoms. The molecule has 0 unspecified atom stereocenters. The van der Waals surface area contributed by atoms with Crippen LogP contribution in [0.1, 0.15) is 50.5 Å². The highest BCUT2D eigenvalue weighted by atomic mass is 16.5. The Bertz CT molecular complexity index is 572. The van der Waals surface area contributed by atoms with Crippen LogP contribution in [0, 0.1) is 11.8 Å². The van der Waals surface area contributed by atoms with E-state index in [4.69, 9.17) is 9.47 Å². The number of hydrogen-bond donors (Lipinski definition) is 0. The number of carbonyl (C=O) groups is 3. The predicted octanol–water partition coefficient (Wildman–Crippen LogP) is 3.15. The zero-order valence-electron chi connectivity index (χ0n) is 13.6. The molecule has 5 nitrogen and oxygen atoms in total. The van der Waals surface area contributed by atoms with E-state index in [1.807, 2.05) is 0 Å². The first-order valence-corrected chi connectivity index (χ1v) is 7.24. The van der Waals surface area contributed by atoms with Gasteiger partial charge in [-0.2, -0.15) is 0 Å². The number of Topliss-reactive ketones (excluding diaryl/α,β-unsaturated/α-hetero) is 1. The SMILES string of the molecule is CC(=O)c1ccc(OC(=O)C(C)C)c(COC(=O)C(C)C)c1. The second-order valence-corrected chi connectivity index (χ2v) is 5.72. The van der Waals surface area contributed by atoms with Gasteiger partial charge in [0.25, 0.3) is 0 Å². The summed E-state index contributed by atoms with van der Waals surface area (Å²) in [6, 6.07) is 4.72. The third-order valence-corrected chi connectivity index (χ3v) is 2.99. The maximum atomic E-state index is 11.7. The van der Waals surface area contributed by atoms with Crippen molar-refractivity contribution in [2.75, 3.05) is 0 Å². The molecule has 120 valence electrons. The molecule has 0 saturated heterocycles. The maximum Gasteiger partial charge on any atom is 0.313 e.